The van der Waals surface area contributed by atoms with E-state index < -0.39 is 6.04 Å². The van der Waals surface area contributed by atoms with E-state index in [0.717, 1.165) is 18.4 Å². The normalized spacial score (nSPS) is 21.9. The second-order valence-corrected chi connectivity index (χ2v) is 6.16. The minimum absolute atomic E-state index is 0.0124. The lowest BCUT2D eigenvalue weighted by atomic mass is 10.1. The molecule has 23 heavy (non-hydrogen) atoms. The fraction of sp³-hybridized carbons (Fsp3) is 0.529. The van der Waals surface area contributed by atoms with Crippen molar-refractivity contribution in [2.45, 2.75) is 57.7 Å². The summed E-state index contributed by atoms with van der Waals surface area (Å²) in [6, 6.07) is 5.51. The van der Waals surface area contributed by atoms with Crippen molar-refractivity contribution in [3.63, 3.8) is 0 Å². The highest BCUT2D eigenvalue weighted by atomic mass is 19.1. The first kappa shape index (κ1) is 17.2. The molecule has 0 spiro atoms. The Bertz CT molecular complexity index is 579. The van der Waals surface area contributed by atoms with Gasteiger partial charge < -0.3 is 16.0 Å². The van der Waals surface area contributed by atoms with Crippen LogP contribution in [0, 0.1) is 5.82 Å². The van der Waals surface area contributed by atoms with Crippen molar-refractivity contribution in [1.29, 1.82) is 0 Å². The fourth-order valence-electron chi connectivity index (χ4n) is 2.40. The number of rotatable bonds is 6. The maximum atomic E-state index is 13.2. The summed E-state index contributed by atoms with van der Waals surface area (Å²) in [5.74, 6) is -0.333. The number of hydrogen-bond acceptors (Lipinski definition) is 2. The highest BCUT2D eigenvalue weighted by molar-refractivity contribution is 5.87. The molecule has 6 heteroatoms. The van der Waals surface area contributed by atoms with Crippen molar-refractivity contribution >= 4 is 11.9 Å². The van der Waals surface area contributed by atoms with Crippen molar-refractivity contribution in [2.24, 2.45) is 0 Å². The number of nitrogens with one attached hydrogen (secondary N) is 3. The Morgan fingerprint density at radius 2 is 2.04 bits per heavy atom. The van der Waals surface area contributed by atoms with E-state index in [2.05, 4.69) is 16.0 Å². The summed E-state index contributed by atoms with van der Waals surface area (Å²) in [6.07, 6.45) is 1.62. The van der Waals surface area contributed by atoms with Crippen molar-refractivity contribution in [3.05, 3.63) is 35.6 Å². The number of hydrogen-bond donors (Lipinski definition) is 3. The van der Waals surface area contributed by atoms with Crippen molar-refractivity contribution in [1.82, 2.24) is 16.0 Å². The number of carbonyl (C=O) groups excluding carboxylic acids is 2. The summed E-state index contributed by atoms with van der Waals surface area (Å²) in [5.41, 5.74) is 0.887. The highest BCUT2D eigenvalue weighted by Crippen LogP contribution is 2.40. The van der Waals surface area contributed by atoms with Gasteiger partial charge in [-0.2, -0.15) is 0 Å². The van der Waals surface area contributed by atoms with E-state index in [1.807, 2.05) is 19.9 Å². The SMILES string of the molecule is CC[C@H](C)NC(=O)[C@H](C)NC(=O)N[C@@H]1C[C@H]1c1cccc(F)c1. The molecule has 1 fully saturated rings. The molecule has 5 nitrogen and oxygen atoms in total. The van der Waals surface area contributed by atoms with Crippen LogP contribution in [-0.4, -0.2) is 30.1 Å². The lowest BCUT2D eigenvalue weighted by molar-refractivity contribution is -0.123. The van der Waals surface area contributed by atoms with Gasteiger partial charge in [-0.3, -0.25) is 4.79 Å². The summed E-state index contributed by atoms with van der Waals surface area (Å²) in [5, 5.41) is 8.27. The Morgan fingerprint density at radius 3 is 2.70 bits per heavy atom. The largest absolute Gasteiger partial charge is 0.352 e. The molecule has 0 aromatic heterocycles. The lowest BCUT2D eigenvalue weighted by Gasteiger charge is -2.17. The van der Waals surface area contributed by atoms with Gasteiger partial charge in [-0.25, -0.2) is 9.18 Å². The van der Waals surface area contributed by atoms with Crippen molar-refractivity contribution in [2.75, 3.05) is 0 Å². The molecule has 0 saturated heterocycles. The third-order valence-corrected chi connectivity index (χ3v) is 4.13. The Kier molecular flexibility index (Phi) is 5.58. The Morgan fingerprint density at radius 1 is 1.30 bits per heavy atom. The van der Waals surface area contributed by atoms with Crippen LogP contribution in [0.4, 0.5) is 9.18 Å². The van der Waals surface area contributed by atoms with Crippen LogP contribution in [-0.2, 0) is 4.79 Å². The number of amides is 3. The maximum absolute atomic E-state index is 13.2. The molecule has 2 rings (SSSR count). The van der Waals surface area contributed by atoms with E-state index in [0.29, 0.717) is 0 Å². The Balaban J connectivity index is 1.77. The third-order valence-electron chi connectivity index (χ3n) is 4.13. The van der Waals surface area contributed by atoms with Gasteiger partial charge in [0.2, 0.25) is 5.91 Å². The van der Waals surface area contributed by atoms with E-state index in [4.69, 9.17) is 0 Å². The molecule has 0 bridgehead atoms. The second-order valence-electron chi connectivity index (χ2n) is 6.16. The van der Waals surface area contributed by atoms with Crippen molar-refractivity contribution in [3.8, 4) is 0 Å². The lowest BCUT2D eigenvalue weighted by Crippen LogP contribution is -2.50. The average molecular weight is 321 g/mol. The summed E-state index contributed by atoms with van der Waals surface area (Å²) in [7, 11) is 0. The van der Waals surface area contributed by atoms with Gasteiger partial charge in [0.05, 0.1) is 0 Å². The van der Waals surface area contributed by atoms with Gasteiger partial charge in [0.1, 0.15) is 11.9 Å². The van der Waals surface area contributed by atoms with E-state index in [9.17, 15) is 14.0 Å². The molecule has 1 aliphatic rings. The standard InChI is InChI=1S/C17H24FN3O2/c1-4-10(2)19-16(22)11(3)20-17(23)21-15-9-14(15)12-6-5-7-13(18)8-12/h5-8,10-11,14-15H,4,9H2,1-3H3,(H,19,22)(H2,20,21,23)/t10-,11-,14-,15+/m0/s1. The molecule has 4 atom stereocenters. The zero-order valence-corrected chi connectivity index (χ0v) is 13.7. The molecule has 0 unspecified atom stereocenters. The first-order chi connectivity index (χ1) is 10.9. The number of benzene rings is 1. The Hall–Kier alpha value is -2.11. The van der Waals surface area contributed by atoms with Crippen LogP contribution in [0.1, 0.15) is 45.1 Å². The number of carbonyl (C=O) groups is 2. The predicted octanol–water partition coefficient (Wildman–Crippen LogP) is 2.28. The number of urea groups is 1. The molecule has 3 amide bonds. The molecular weight excluding hydrogens is 297 g/mol. The van der Waals surface area contributed by atoms with E-state index in [1.54, 1.807) is 13.0 Å². The molecule has 0 heterocycles. The summed E-state index contributed by atoms with van der Waals surface area (Å²) < 4.78 is 13.2. The highest BCUT2D eigenvalue weighted by Gasteiger charge is 2.39. The molecule has 3 N–H and O–H groups in total. The van der Waals surface area contributed by atoms with Crippen LogP contribution in [0.2, 0.25) is 0 Å². The second kappa shape index (κ2) is 7.44. The van der Waals surface area contributed by atoms with Gasteiger partial charge in [0.25, 0.3) is 0 Å². The predicted molar refractivity (Wildman–Crippen MR) is 86.6 cm³/mol. The van der Waals surface area contributed by atoms with Gasteiger partial charge in [0.15, 0.2) is 0 Å². The minimum Gasteiger partial charge on any atom is -0.352 e. The average Bonchev–Trinajstić information content (AvgIpc) is 3.25. The topological polar surface area (TPSA) is 70.2 Å². The Labute approximate surface area is 136 Å². The monoisotopic (exact) mass is 321 g/mol. The summed E-state index contributed by atoms with van der Waals surface area (Å²) in [6.45, 7) is 5.54. The maximum Gasteiger partial charge on any atom is 0.315 e. The summed E-state index contributed by atoms with van der Waals surface area (Å²) >= 11 is 0. The van der Waals surface area contributed by atoms with Crippen LogP contribution in [0.3, 0.4) is 0 Å². The van der Waals surface area contributed by atoms with Crippen LogP contribution in [0.25, 0.3) is 0 Å². The van der Waals surface area contributed by atoms with Crippen LogP contribution in [0.5, 0.6) is 0 Å². The van der Waals surface area contributed by atoms with Crippen molar-refractivity contribution < 1.29 is 14.0 Å². The molecule has 0 radical (unpaired) electrons. The van der Waals surface area contributed by atoms with E-state index in [-0.39, 0.29) is 35.8 Å². The molecule has 1 aromatic carbocycles. The number of halogens is 1. The zero-order chi connectivity index (χ0) is 17.0. The van der Waals surface area contributed by atoms with Gasteiger partial charge in [-0.05, 0) is 44.4 Å². The zero-order valence-electron chi connectivity index (χ0n) is 13.7. The molecular formula is C17H24FN3O2. The van der Waals surface area contributed by atoms with Crippen LogP contribution in [0.15, 0.2) is 24.3 Å². The first-order valence-electron chi connectivity index (χ1n) is 8.03. The molecule has 1 aliphatic carbocycles. The van der Waals surface area contributed by atoms with Crippen LogP contribution < -0.4 is 16.0 Å². The molecule has 126 valence electrons. The summed E-state index contributed by atoms with van der Waals surface area (Å²) in [4.78, 5) is 23.8. The van der Waals surface area contributed by atoms with Crippen LogP contribution >= 0.6 is 0 Å². The molecule has 0 aliphatic heterocycles. The molecule has 1 saturated carbocycles. The van der Waals surface area contributed by atoms with Gasteiger partial charge in [0, 0.05) is 18.0 Å². The minimum atomic E-state index is -0.602. The fourth-order valence-corrected chi connectivity index (χ4v) is 2.40. The van der Waals surface area contributed by atoms with E-state index in [1.165, 1.54) is 12.1 Å². The van der Waals surface area contributed by atoms with Gasteiger partial charge in [-0.15, -0.1) is 0 Å². The quantitative estimate of drug-likeness (QED) is 0.752. The van der Waals surface area contributed by atoms with Gasteiger partial charge in [-0.1, -0.05) is 19.1 Å². The first-order valence-corrected chi connectivity index (χ1v) is 8.03. The third kappa shape index (κ3) is 4.94. The van der Waals surface area contributed by atoms with Gasteiger partial charge >= 0.3 is 6.03 Å². The smallest absolute Gasteiger partial charge is 0.315 e. The van der Waals surface area contributed by atoms with E-state index >= 15 is 0 Å². The molecule has 1 aromatic rings.